The van der Waals surface area contributed by atoms with Crippen molar-refractivity contribution in [1.82, 2.24) is 19.5 Å². The van der Waals surface area contributed by atoms with Crippen molar-refractivity contribution in [2.24, 2.45) is 13.0 Å². The smallest absolute Gasteiger partial charge is 0.240 e. The molecule has 0 bridgehead atoms. The van der Waals surface area contributed by atoms with Crippen LogP contribution in [0.4, 0.5) is 0 Å². The number of hydrogen-bond donors (Lipinski definition) is 1. The second kappa shape index (κ2) is 8.53. The summed E-state index contributed by atoms with van der Waals surface area (Å²) in [6.45, 7) is 4.79. The van der Waals surface area contributed by atoms with E-state index in [0.717, 1.165) is 11.4 Å². The monoisotopic (exact) mass is 400 g/mol. The first kappa shape index (κ1) is 20.0. The molecule has 0 saturated heterocycles. The van der Waals surface area contributed by atoms with Crippen LogP contribution in [0.15, 0.2) is 59.6 Å². The van der Waals surface area contributed by atoms with Crippen molar-refractivity contribution in [2.45, 2.75) is 25.3 Å². The normalized spacial score (nSPS) is 11.7. The van der Waals surface area contributed by atoms with E-state index in [1.165, 1.54) is 12.1 Å². The minimum atomic E-state index is -3.65. The number of ether oxygens (including phenoxy) is 1. The van der Waals surface area contributed by atoms with Gasteiger partial charge in [0.05, 0.1) is 35.1 Å². The van der Waals surface area contributed by atoms with Gasteiger partial charge in [-0.1, -0.05) is 19.9 Å². The highest BCUT2D eigenvalue weighted by Crippen LogP contribution is 2.19. The third-order valence-electron chi connectivity index (χ3n) is 4.02. The van der Waals surface area contributed by atoms with Gasteiger partial charge in [0.1, 0.15) is 5.75 Å². The van der Waals surface area contributed by atoms with Crippen LogP contribution in [0.2, 0.25) is 0 Å². The average molecular weight is 401 g/mol. The van der Waals surface area contributed by atoms with E-state index < -0.39 is 10.0 Å². The fourth-order valence-corrected chi connectivity index (χ4v) is 3.60. The molecule has 3 rings (SSSR count). The molecular formula is C20H24N4O3S. The maximum Gasteiger partial charge on any atom is 0.240 e. The van der Waals surface area contributed by atoms with Gasteiger partial charge in [-0.2, -0.15) is 5.10 Å². The molecular weight excluding hydrogens is 376 g/mol. The van der Waals surface area contributed by atoms with Crippen LogP contribution in [-0.2, 0) is 23.6 Å². The molecule has 2 aromatic heterocycles. The van der Waals surface area contributed by atoms with Crippen LogP contribution >= 0.6 is 0 Å². The molecule has 2 heterocycles. The topological polar surface area (TPSA) is 86.1 Å². The summed E-state index contributed by atoms with van der Waals surface area (Å²) in [5, 5.41) is 4.37. The predicted octanol–water partition coefficient (Wildman–Crippen LogP) is 3.00. The van der Waals surface area contributed by atoms with Gasteiger partial charge in [0, 0.05) is 13.2 Å². The number of hydrogen-bond acceptors (Lipinski definition) is 5. The largest absolute Gasteiger partial charge is 0.493 e. The van der Waals surface area contributed by atoms with Gasteiger partial charge in [-0.05, 0) is 48.4 Å². The molecule has 0 aliphatic rings. The molecule has 3 aromatic rings. The molecule has 148 valence electrons. The second-order valence-electron chi connectivity index (χ2n) is 6.86. The van der Waals surface area contributed by atoms with Crippen LogP contribution in [0, 0.1) is 5.92 Å². The summed E-state index contributed by atoms with van der Waals surface area (Å²) in [7, 11) is -1.84. The van der Waals surface area contributed by atoms with Crippen molar-refractivity contribution in [2.75, 3.05) is 6.61 Å². The summed E-state index contributed by atoms with van der Waals surface area (Å²) < 4.78 is 35.0. The first-order chi connectivity index (χ1) is 13.3. The lowest BCUT2D eigenvalue weighted by molar-refractivity contribution is 0.271. The molecule has 0 aliphatic carbocycles. The molecule has 0 unspecified atom stereocenters. The quantitative estimate of drug-likeness (QED) is 0.628. The summed E-state index contributed by atoms with van der Waals surface area (Å²) in [4.78, 5) is 4.49. The summed E-state index contributed by atoms with van der Waals surface area (Å²) >= 11 is 0. The number of nitrogens with one attached hydrogen (secondary N) is 1. The number of pyridine rings is 1. The van der Waals surface area contributed by atoms with Gasteiger partial charge in [0.15, 0.2) is 0 Å². The zero-order valence-corrected chi connectivity index (χ0v) is 17.0. The highest BCUT2D eigenvalue weighted by Gasteiger charge is 2.16. The molecule has 1 N–H and O–H groups in total. The van der Waals surface area contributed by atoms with Crippen LogP contribution in [0.1, 0.15) is 19.5 Å². The van der Waals surface area contributed by atoms with Crippen molar-refractivity contribution < 1.29 is 13.2 Å². The molecule has 0 saturated carbocycles. The van der Waals surface area contributed by atoms with E-state index in [9.17, 15) is 8.42 Å². The van der Waals surface area contributed by atoms with Crippen molar-refractivity contribution in [3.63, 3.8) is 0 Å². The standard InChI is InChI=1S/C20H24N4O3S/c1-15(2)14-27-17-7-9-18(10-8-17)28(25,26)22-13-16-12-20(24(3)23-16)19-6-4-5-11-21-19/h4-12,15,22H,13-14H2,1-3H3. The number of aromatic nitrogens is 3. The Hall–Kier alpha value is -2.71. The number of sulfonamides is 1. The lowest BCUT2D eigenvalue weighted by atomic mass is 10.2. The molecule has 0 radical (unpaired) electrons. The van der Waals surface area contributed by atoms with Gasteiger partial charge in [-0.3, -0.25) is 9.67 Å². The van der Waals surface area contributed by atoms with Crippen molar-refractivity contribution >= 4 is 10.0 Å². The number of nitrogens with zero attached hydrogens (tertiary/aromatic N) is 3. The van der Waals surface area contributed by atoms with E-state index >= 15 is 0 Å². The minimum absolute atomic E-state index is 0.0919. The molecule has 0 spiro atoms. The van der Waals surface area contributed by atoms with Crippen molar-refractivity contribution in [3.05, 3.63) is 60.4 Å². The summed E-state index contributed by atoms with van der Waals surface area (Å²) in [6, 6.07) is 13.8. The first-order valence-corrected chi connectivity index (χ1v) is 10.5. The van der Waals surface area contributed by atoms with E-state index in [2.05, 4.69) is 28.7 Å². The Morgan fingerprint density at radius 3 is 2.54 bits per heavy atom. The third kappa shape index (κ3) is 4.96. The number of benzene rings is 1. The SMILES string of the molecule is CC(C)COc1ccc(S(=O)(=O)NCc2cc(-c3ccccn3)n(C)n2)cc1. The first-order valence-electron chi connectivity index (χ1n) is 9.02. The van der Waals surface area contributed by atoms with Crippen molar-refractivity contribution in [3.8, 4) is 17.1 Å². The third-order valence-corrected chi connectivity index (χ3v) is 5.44. The lowest BCUT2D eigenvalue weighted by Crippen LogP contribution is -2.23. The summed E-state index contributed by atoms with van der Waals surface area (Å²) in [5.41, 5.74) is 2.22. The van der Waals surface area contributed by atoms with Crippen LogP contribution in [-0.4, -0.2) is 29.8 Å². The molecule has 1 aromatic carbocycles. The molecule has 0 amide bonds. The van der Waals surface area contributed by atoms with E-state index in [-0.39, 0.29) is 11.4 Å². The zero-order valence-electron chi connectivity index (χ0n) is 16.2. The van der Waals surface area contributed by atoms with Gasteiger partial charge in [0.2, 0.25) is 10.0 Å². The van der Waals surface area contributed by atoms with Gasteiger partial charge in [0.25, 0.3) is 0 Å². The van der Waals surface area contributed by atoms with Gasteiger partial charge >= 0.3 is 0 Å². The fraction of sp³-hybridized carbons (Fsp3) is 0.300. The fourth-order valence-electron chi connectivity index (χ4n) is 2.60. The Kier molecular flexibility index (Phi) is 6.11. The molecule has 8 heteroatoms. The predicted molar refractivity (Wildman–Crippen MR) is 107 cm³/mol. The molecule has 0 atom stereocenters. The summed E-state index contributed by atoms with van der Waals surface area (Å²) in [5.74, 6) is 1.05. The average Bonchev–Trinajstić information content (AvgIpc) is 3.06. The van der Waals surface area contributed by atoms with E-state index in [4.69, 9.17) is 4.74 Å². The molecule has 0 aliphatic heterocycles. The maximum atomic E-state index is 12.5. The number of aryl methyl sites for hydroxylation is 1. The molecule has 28 heavy (non-hydrogen) atoms. The minimum Gasteiger partial charge on any atom is -0.493 e. The van der Waals surface area contributed by atoms with Crippen LogP contribution in [0.5, 0.6) is 5.75 Å². The van der Waals surface area contributed by atoms with E-state index in [1.54, 1.807) is 30.1 Å². The van der Waals surface area contributed by atoms with Crippen LogP contribution in [0.3, 0.4) is 0 Å². The Balaban J connectivity index is 1.67. The van der Waals surface area contributed by atoms with E-state index in [1.807, 2.05) is 24.3 Å². The lowest BCUT2D eigenvalue weighted by Gasteiger charge is -2.10. The number of rotatable bonds is 8. The maximum absolute atomic E-state index is 12.5. The zero-order chi connectivity index (χ0) is 20.1. The Labute approximate surface area is 165 Å². The van der Waals surface area contributed by atoms with Gasteiger partial charge < -0.3 is 4.74 Å². The van der Waals surface area contributed by atoms with Gasteiger partial charge in [-0.15, -0.1) is 0 Å². The summed E-state index contributed by atoms with van der Waals surface area (Å²) in [6.07, 6.45) is 1.71. The Morgan fingerprint density at radius 2 is 1.89 bits per heavy atom. The Bertz CT molecular complexity index is 1010. The second-order valence-corrected chi connectivity index (χ2v) is 8.63. The van der Waals surface area contributed by atoms with Crippen molar-refractivity contribution in [1.29, 1.82) is 0 Å². The highest BCUT2D eigenvalue weighted by molar-refractivity contribution is 7.89. The molecule has 7 nitrogen and oxygen atoms in total. The molecule has 0 fully saturated rings. The van der Waals surface area contributed by atoms with Crippen LogP contribution in [0.25, 0.3) is 11.4 Å². The van der Waals surface area contributed by atoms with Gasteiger partial charge in [-0.25, -0.2) is 13.1 Å². The highest BCUT2D eigenvalue weighted by atomic mass is 32.2. The van der Waals surface area contributed by atoms with E-state index in [0.29, 0.717) is 24.0 Å². The Morgan fingerprint density at radius 1 is 1.14 bits per heavy atom. The van der Waals surface area contributed by atoms with Crippen LogP contribution < -0.4 is 9.46 Å².